The molecule has 0 radical (unpaired) electrons. The van der Waals surface area contributed by atoms with Crippen molar-refractivity contribution in [3.63, 3.8) is 0 Å². The van der Waals surface area contributed by atoms with Gasteiger partial charge in [0.15, 0.2) is 0 Å². The first kappa shape index (κ1) is 18.6. The van der Waals surface area contributed by atoms with Crippen molar-refractivity contribution in [2.45, 2.75) is 51.5 Å². The van der Waals surface area contributed by atoms with Crippen LogP contribution >= 0.6 is 0 Å². The average molecular weight is 351 g/mol. The van der Waals surface area contributed by atoms with Gasteiger partial charge in [0.25, 0.3) is 0 Å². The fourth-order valence-electron chi connectivity index (χ4n) is 4.35. The van der Waals surface area contributed by atoms with Gasteiger partial charge < -0.3 is 15.1 Å². The normalized spacial score (nSPS) is 29.3. The highest BCUT2D eigenvalue weighted by Gasteiger charge is 2.31. The van der Waals surface area contributed by atoms with E-state index in [0.29, 0.717) is 18.5 Å². The van der Waals surface area contributed by atoms with Crippen LogP contribution in [0.25, 0.3) is 0 Å². The van der Waals surface area contributed by atoms with Crippen molar-refractivity contribution in [1.82, 2.24) is 20.0 Å². The van der Waals surface area contributed by atoms with Crippen molar-refractivity contribution >= 4 is 11.8 Å². The first-order valence-electron chi connectivity index (χ1n) is 10.2. The van der Waals surface area contributed by atoms with Crippen LogP contribution in [0.1, 0.15) is 45.4 Å². The fraction of sp³-hybridized carbons (Fsp3) is 0.895. The van der Waals surface area contributed by atoms with Crippen molar-refractivity contribution in [3.8, 4) is 0 Å². The van der Waals surface area contributed by atoms with Gasteiger partial charge in [0.05, 0.1) is 6.54 Å². The highest BCUT2D eigenvalue weighted by molar-refractivity contribution is 5.80. The summed E-state index contributed by atoms with van der Waals surface area (Å²) >= 11 is 0. The van der Waals surface area contributed by atoms with Crippen LogP contribution in [0.5, 0.6) is 0 Å². The minimum absolute atomic E-state index is 0.182. The zero-order chi connectivity index (χ0) is 17.6. The van der Waals surface area contributed by atoms with Gasteiger partial charge in [-0.15, -0.1) is 0 Å². The van der Waals surface area contributed by atoms with Crippen molar-refractivity contribution in [2.24, 2.45) is 5.92 Å². The molecular formula is C19H34N4O2. The molecule has 0 bridgehead atoms. The van der Waals surface area contributed by atoms with Gasteiger partial charge >= 0.3 is 0 Å². The second-order valence-electron chi connectivity index (χ2n) is 7.97. The van der Waals surface area contributed by atoms with E-state index in [1.165, 1.54) is 12.8 Å². The summed E-state index contributed by atoms with van der Waals surface area (Å²) in [6.45, 7) is 8.66. The van der Waals surface area contributed by atoms with Crippen molar-refractivity contribution in [2.75, 3.05) is 52.4 Å². The number of nitrogens with zero attached hydrogens (tertiary/aromatic N) is 3. The van der Waals surface area contributed by atoms with E-state index < -0.39 is 0 Å². The Bertz CT molecular complexity index is 454. The summed E-state index contributed by atoms with van der Waals surface area (Å²) in [6.07, 6.45) is 6.69. The van der Waals surface area contributed by atoms with Crippen molar-refractivity contribution < 1.29 is 9.59 Å². The van der Waals surface area contributed by atoms with E-state index >= 15 is 0 Å². The molecule has 3 fully saturated rings. The molecule has 0 aromatic rings. The molecule has 0 aliphatic carbocycles. The number of amides is 2. The minimum Gasteiger partial charge on any atom is -0.342 e. The lowest BCUT2D eigenvalue weighted by atomic mass is 9.92. The molecule has 1 N–H and O–H groups in total. The van der Waals surface area contributed by atoms with E-state index in [4.69, 9.17) is 0 Å². The van der Waals surface area contributed by atoms with Gasteiger partial charge in [0.1, 0.15) is 0 Å². The number of likely N-dealkylation sites (tertiary alicyclic amines) is 1. The lowest BCUT2D eigenvalue weighted by Gasteiger charge is -2.38. The lowest BCUT2D eigenvalue weighted by Crippen LogP contribution is -2.53. The van der Waals surface area contributed by atoms with Gasteiger partial charge in [-0.05, 0) is 39.2 Å². The minimum atomic E-state index is 0.182. The summed E-state index contributed by atoms with van der Waals surface area (Å²) in [5, 5.41) is 3.41. The zero-order valence-corrected chi connectivity index (χ0v) is 15.7. The summed E-state index contributed by atoms with van der Waals surface area (Å²) in [4.78, 5) is 31.5. The molecule has 3 saturated heterocycles. The Hall–Kier alpha value is -1.14. The average Bonchev–Trinajstić information content (AvgIpc) is 2.91. The first-order chi connectivity index (χ1) is 12.1. The number of carbonyl (C=O) groups is 2. The van der Waals surface area contributed by atoms with Crippen LogP contribution in [0.3, 0.4) is 0 Å². The molecule has 6 nitrogen and oxygen atoms in total. The molecule has 25 heavy (non-hydrogen) atoms. The quantitative estimate of drug-likeness (QED) is 0.822. The molecular weight excluding hydrogens is 316 g/mol. The molecule has 0 spiro atoms. The van der Waals surface area contributed by atoms with E-state index in [9.17, 15) is 9.59 Å². The maximum absolute atomic E-state index is 12.7. The third-order valence-corrected chi connectivity index (χ3v) is 5.97. The standard InChI is InChI=1S/C19H34N4O2/c1-16-14-17(6-7-20-16)19(25)23-12-10-21(11-13-23)15-18(24)22-8-4-2-3-5-9-22/h16-17,20H,2-15H2,1H3/t16-,17-/m0/s1. The highest BCUT2D eigenvalue weighted by atomic mass is 16.2. The molecule has 0 aromatic heterocycles. The van der Waals surface area contributed by atoms with Crippen molar-refractivity contribution in [1.29, 1.82) is 0 Å². The summed E-state index contributed by atoms with van der Waals surface area (Å²) in [6, 6.07) is 0.440. The maximum Gasteiger partial charge on any atom is 0.236 e. The number of hydrogen-bond donors (Lipinski definition) is 1. The summed E-state index contributed by atoms with van der Waals surface area (Å²) in [5.74, 6) is 0.780. The van der Waals surface area contributed by atoms with E-state index in [2.05, 4.69) is 17.1 Å². The Kier molecular flexibility index (Phi) is 6.70. The summed E-state index contributed by atoms with van der Waals surface area (Å²) in [7, 11) is 0. The Morgan fingerprint density at radius 2 is 1.60 bits per heavy atom. The Morgan fingerprint density at radius 3 is 2.24 bits per heavy atom. The molecule has 6 heteroatoms. The lowest BCUT2D eigenvalue weighted by molar-refractivity contribution is -0.139. The number of piperidine rings is 1. The predicted octanol–water partition coefficient (Wildman–Crippen LogP) is 0.921. The SMILES string of the molecule is C[C@H]1C[C@@H](C(=O)N2CCN(CC(=O)N3CCCCCC3)CC2)CCN1. The molecule has 3 rings (SSSR count). The Labute approximate surface area is 151 Å². The van der Waals surface area contributed by atoms with Gasteiger partial charge in [0, 0.05) is 51.2 Å². The van der Waals surface area contributed by atoms with Gasteiger partial charge in [-0.1, -0.05) is 12.8 Å². The largest absolute Gasteiger partial charge is 0.342 e. The number of hydrogen-bond acceptors (Lipinski definition) is 4. The summed E-state index contributed by atoms with van der Waals surface area (Å²) in [5.41, 5.74) is 0. The fourth-order valence-corrected chi connectivity index (χ4v) is 4.35. The first-order valence-corrected chi connectivity index (χ1v) is 10.2. The van der Waals surface area contributed by atoms with Gasteiger partial charge in [0.2, 0.25) is 11.8 Å². The smallest absolute Gasteiger partial charge is 0.236 e. The van der Waals surface area contributed by atoms with E-state index in [0.717, 1.165) is 71.5 Å². The molecule has 142 valence electrons. The van der Waals surface area contributed by atoms with Crippen LogP contribution in [0.15, 0.2) is 0 Å². The monoisotopic (exact) mass is 350 g/mol. The summed E-state index contributed by atoms with van der Waals surface area (Å²) < 4.78 is 0. The Morgan fingerprint density at radius 1 is 0.920 bits per heavy atom. The molecule has 2 atom stereocenters. The van der Waals surface area contributed by atoms with Gasteiger partial charge in [-0.2, -0.15) is 0 Å². The highest BCUT2D eigenvalue weighted by Crippen LogP contribution is 2.20. The molecule has 3 aliphatic heterocycles. The molecule has 3 aliphatic rings. The second-order valence-corrected chi connectivity index (χ2v) is 7.97. The third kappa shape index (κ3) is 5.17. The molecule has 0 saturated carbocycles. The maximum atomic E-state index is 12.7. The number of rotatable bonds is 3. The predicted molar refractivity (Wildman–Crippen MR) is 98.3 cm³/mol. The molecule has 0 unspecified atom stereocenters. The van der Waals surface area contributed by atoms with Crippen LogP contribution < -0.4 is 5.32 Å². The second kappa shape index (κ2) is 8.99. The van der Waals surface area contributed by atoms with Crippen LogP contribution in [0, 0.1) is 5.92 Å². The van der Waals surface area contributed by atoms with Crippen LogP contribution in [-0.2, 0) is 9.59 Å². The van der Waals surface area contributed by atoms with E-state index in [-0.39, 0.29) is 11.8 Å². The Balaban J connectivity index is 1.42. The topological polar surface area (TPSA) is 55.9 Å². The van der Waals surface area contributed by atoms with Crippen LogP contribution in [0.2, 0.25) is 0 Å². The van der Waals surface area contributed by atoms with E-state index in [1.54, 1.807) is 0 Å². The number of carbonyl (C=O) groups excluding carboxylic acids is 2. The zero-order valence-electron chi connectivity index (χ0n) is 15.7. The molecule has 3 heterocycles. The van der Waals surface area contributed by atoms with Crippen molar-refractivity contribution in [3.05, 3.63) is 0 Å². The number of nitrogens with one attached hydrogen (secondary N) is 1. The van der Waals surface area contributed by atoms with E-state index in [1.807, 2.05) is 9.80 Å². The van der Waals surface area contributed by atoms with Crippen LogP contribution in [0.4, 0.5) is 0 Å². The van der Waals surface area contributed by atoms with Gasteiger partial charge in [-0.25, -0.2) is 0 Å². The molecule has 2 amide bonds. The van der Waals surface area contributed by atoms with Crippen LogP contribution in [-0.4, -0.2) is 84.9 Å². The number of piperazine rings is 1. The molecule has 0 aromatic carbocycles. The van der Waals surface area contributed by atoms with Gasteiger partial charge in [-0.3, -0.25) is 14.5 Å². The third-order valence-electron chi connectivity index (χ3n) is 5.97.